The Hall–Kier alpha value is -0.450. The molecule has 18 heavy (non-hydrogen) atoms. The van der Waals surface area contributed by atoms with E-state index < -0.39 is 0 Å². The standard InChI is InChI=1S/C14H21BrFNO/c1-9(6-10(2)18)8-17-11(3)13-7-12(15)4-5-14(13)16/h4-5,7,9-11,17-18H,6,8H2,1-3H3. The van der Waals surface area contributed by atoms with Crippen molar-refractivity contribution in [3.63, 3.8) is 0 Å². The van der Waals surface area contributed by atoms with E-state index in [2.05, 4.69) is 28.2 Å². The molecule has 0 spiro atoms. The first-order chi connectivity index (χ1) is 8.40. The molecule has 2 N–H and O–H groups in total. The molecule has 0 aromatic heterocycles. The lowest BCUT2D eigenvalue weighted by Gasteiger charge is -2.19. The normalized spacial score (nSPS) is 16.3. The molecule has 4 heteroatoms. The van der Waals surface area contributed by atoms with Crippen LogP contribution in [0.3, 0.4) is 0 Å². The van der Waals surface area contributed by atoms with Crippen LogP contribution in [0.15, 0.2) is 22.7 Å². The summed E-state index contributed by atoms with van der Waals surface area (Å²) < 4.78 is 14.5. The average molecular weight is 318 g/mol. The van der Waals surface area contributed by atoms with Crippen LogP contribution in [0.1, 0.15) is 38.8 Å². The molecule has 1 rings (SSSR count). The Labute approximate surface area is 117 Å². The molecule has 0 aliphatic rings. The summed E-state index contributed by atoms with van der Waals surface area (Å²) in [5.74, 6) is 0.170. The highest BCUT2D eigenvalue weighted by Gasteiger charge is 2.13. The van der Waals surface area contributed by atoms with E-state index in [0.29, 0.717) is 11.5 Å². The molecule has 0 saturated carbocycles. The number of hydrogen-bond donors (Lipinski definition) is 2. The quantitative estimate of drug-likeness (QED) is 0.839. The average Bonchev–Trinajstić information content (AvgIpc) is 2.28. The van der Waals surface area contributed by atoms with E-state index in [1.165, 1.54) is 6.07 Å². The summed E-state index contributed by atoms with van der Waals surface area (Å²) in [6.07, 6.45) is 0.459. The number of rotatable bonds is 6. The van der Waals surface area contributed by atoms with Crippen molar-refractivity contribution in [1.29, 1.82) is 0 Å². The van der Waals surface area contributed by atoms with E-state index in [-0.39, 0.29) is 18.0 Å². The Morgan fingerprint density at radius 2 is 2.00 bits per heavy atom. The van der Waals surface area contributed by atoms with Gasteiger partial charge in [-0.15, -0.1) is 0 Å². The molecule has 0 saturated heterocycles. The van der Waals surface area contributed by atoms with Crippen molar-refractivity contribution in [2.45, 2.75) is 39.3 Å². The largest absolute Gasteiger partial charge is 0.393 e. The van der Waals surface area contributed by atoms with Gasteiger partial charge in [0.25, 0.3) is 0 Å². The molecule has 1 aromatic rings. The monoisotopic (exact) mass is 317 g/mol. The lowest BCUT2D eigenvalue weighted by molar-refractivity contribution is 0.162. The number of aliphatic hydroxyl groups is 1. The first-order valence-corrected chi connectivity index (χ1v) is 7.05. The Morgan fingerprint density at radius 1 is 1.33 bits per heavy atom. The molecular weight excluding hydrogens is 297 g/mol. The third kappa shape index (κ3) is 5.04. The molecule has 3 unspecified atom stereocenters. The van der Waals surface area contributed by atoms with Crippen LogP contribution in [0, 0.1) is 11.7 Å². The summed E-state index contributed by atoms with van der Waals surface area (Å²) in [6.45, 7) is 6.57. The molecule has 0 radical (unpaired) electrons. The van der Waals surface area contributed by atoms with Crippen molar-refractivity contribution in [3.8, 4) is 0 Å². The fourth-order valence-corrected chi connectivity index (χ4v) is 2.38. The van der Waals surface area contributed by atoms with Crippen molar-refractivity contribution in [1.82, 2.24) is 5.32 Å². The summed E-state index contributed by atoms with van der Waals surface area (Å²) in [4.78, 5) is 0. The van der Waals surface area contributed by atoms with Crippen LogP contribution in [-0.2, 0) is 0 Å². The fourth-order valence-electron chi connectivity index (χ4n) is 2.00. The van der Waals surface area contributed by atoms with Crippen LogP contribution in [0.2, 0.25) is 0 Å². The maximum Gasteiger partial charge on any atom is 0.128 e. The SMILES string of the molecule is CC(O)CC(C)CNC(C)c1cc(Br)ccc1F. The van der Waals surface area contributed by atoms with Gasteiger partial charge in [0.05, 0.1) is 6.10 Å². The Morgan fingerprint density at radius 3 is 2.61 bits per heavy atom. The van der Waals surface area contributed by atoms with Crippen molar-refractivity contribution in [2.75, 3.05) is 6.54 Å². The fraction of sp³-hybridized carbons (Fsp3) is 0.571. The lowest BCUT2D eigenvalue weighted by Crippen LogP contribution is -2.26. The number of halogens is 2. The summed E-state index contributed by atoms with van der Waals surface area (Å²) in [5.41, 5.74) is 0.661. The highest BCUT2D eigenvalue weighted by atomic mass is 79.9. The van der Waals surface area contributed by atoms with Gasteiger partial charge in [0.15, 0.2) is 0 Å². The molecule has 0 amide bonds. The highest BCUT2D eigenvalue weighted by molar-refractivity contribution is 9.10. The number of aliphatic hydroxyl groups excluding tert-OH is 1. The number of nitrogens with one attached hydrogen (secondary N) is 1. The summed E-state index contributed by atoms with van der Waals surface area (Å²) in [5, 5.41) is 12.6. The molecular formula is C14H21BrFNO. The Kier molecular flexibility index (Phi) is 6.26. The van der Waals surface area contributed by atoms with E-state index in [1.54, 1.807) is 19.1 Å². The maximum atomic E-state index is 13.7. The van der Waals surface area contributed by atoms with Gasteiger partial charge in [-0.1, -0.05) is 22.9 Å². The van der Waals surface area contributed by atoms with E-state index in [9.17, 15) is 9.50 Å². The van der Waals surface area contributed by atoms with Gasteiger partial charge in [-0.25, -0.2) is 4.39 Å². The minimum atomic E-state index is -0.292. The van der Waals surface area contributed by atoms with Gasteiger partial charge in [-0.2, -0.15) is 0 Å². The second kappa shape index (κ2) is 7.22. The second-order valence-electron chi connectivity index (χ2n) is 4.99. The zero-order valence-electron chi connectivity index (χ0n) is 11.1. The predicted molar refractivity (Wildman–Crippen MR) is 76.0 cm³/mol. The third-order valence-corrected chi connectivity index (χ3v) is 3.43. The maximum absolute atomic E-state index is 13.7. The molecule has 0 aliphatic heterocycles. The van der Waals surface area contributed by atoms with Crippen LogP contribution in [0.5, 0.6) is 0 Å². The van der Waals surface area contributed by atoms with E-state index in [1.807, 2.05) is 6.92 Å². The number of hydrogen-bond acceptors (Lipinski definition) is 2. The molecule has 0 aliphatic carbocycles. The van der Waals surface area contributed by atoms with E-state index in [0.717, 1.165) is 17.4 Å². The molecule has 2 nitrogen and oxygen atoms in total. The van der Waals surface area contributed by atoms with E-state index in [4.69, 9.17) is 0 Å². The molecule has 3 atom stereocenters. The van der Waals surface area contributed by atoms with Crippen molar-refractivity contribution in [3.05, 3.63) is 34.1 Å². The number of benzene rings is 1. The van der Waals surface area contributed by atoms with Gasteiger partial charge in [0.1, 0.15) is 5.82 Å². The summed E-state index contributed by atoms with van der Waals surface area (Å²) >= 11 is 3.35. The first-order valence-electron chi connectivity index (χ1n) is 6.26. The summed E-state index contributed by atoms with van der Waals surface area (Å²) in [7, 11) is 0. The minimum Gasteiger partial charge on any atom is -0.393 e. The second-order valence-corrected chi connectivity index (χ2v) is 5.90. The molecule has 0 fully saturated rings. The van der Waals surface area contributed by atoms with Gasteiger partial charge in [-0.3, -0.25) is 0 Å². The van der Waals surface area contributed by atoms with Gasteiger partial charge in [0.2, 0.25) is 0 Å². The van der Waals surface area contributed by atoms with Crippen LogP contribution in [0.25, 0.3) is 0 Å². The van der Waals surface area contributed by atoms with E-state index >= 15 is 0 Å². The van der Waals surface area contributed by atoms with Gasteiger partial charge in [-0.05, 0) is 50.9 Å². The Balaban J connectivity index is 2.54. The van der Waals surface area contributed by atoms with Gasteiger partial charge >= 0.3 is 0 Å². The minimum absolute atomic E-state index is 0.0426. The van der Waals surface area contributed by atoms with Crippen LogP contribution < -0.4 is 5.32 Å². The lowest BCUT2D eigenvalue weighted by atomic mass is 10.0. The third-order valence-electron chi connectivity index (χ3n) is 2.94. The molecule has 0 heterocycles. The van der Waals surface area contributed by atoms with Crippen LogP contribution >= 0.6 is 15.9 Å². The first kappa shape index (κ1) is 15.6. The van der Waals surface area contributed by atoms with Crippen LogP contribution in [0.4, 0.5) is 4.39 Å². The Bertz CT molecular complexity index is 384. The predicted octanol–water partition coefficient (Wildman–Crippen LogP) is 3.65. The topological polar surface area (TPSA) is 32.3 Å². The van der Waals surface area contributed by atoms with Gasteiger partial charge < -0.3 is 10.4 Å². The molecule has 0 bridgehead atoms. The molecule has 1 aromatic carbocycles. The van der Waals surface area contributed by atoms with Crippen molar-refractivity contribution >= 4 is 15.9 Å². The van der Waals surface area contributed by atoms with Crippen LogP contribution in [-0.4, -0.2) is 17.8 Å². The van der Waals surface area contributed by atoms with Crippen molar-refractivity contribution < 1.29 is 9.50 Å². The molecule has 102 valence electrons. The smallest absolute Gasteiger partial charge is 0.128 e. The zero-order valence-corrected chi connectivity index (χ0v) is 12.7. The zero-order chi connectivity index (χ0) is 13.7. The van der Waals surface area contributed by atoms with Crippen molar-refractivity contribution in [2.24, 2.45) is 5.92 Å². The summed E-state index contributed by atoms with van der Waals surface area (Å²) in [6, 6.07) is 4.92. The van der Waals surface area contributed by atoms with Gasteiger partial charge in [0, 0.05) is 16.1 Å². The highest BCUT2D eigenvalue weighted by Crippen LogP contribution is 2.21.